The highest BCUT2D eigenvalue weighted by atomic mass is 32.1. The highest BCUT2D eigenvalue weighted by molar-refractivity contribution is 7.09. The second kappa shape index (κ2) is 6.00. The molecule has 2 aromatic rings. The second-order valence-corrected chi connectivity index (χ2v) is 5.67. The molecule has 0 aliphatic heterocycles. The van der Waals surface area contributed by atoms with Crippen LogP contribution in [-0.4, -0.2) is 28.9 Å². The van der Waals surface area contributed by atoms with Crippen molar-refractivity contribution in [2.75, 3.05) is 12.8 Å². The van der Waals surface area contributed by atoms with Gasteiger partial charge in [-0.25, -0.2) is 9.37 Å². The van der Waals surface area contributed by atoms with Crippen molar-refractivity contribution in [3.8, 4) is 0 Å². The fourth-order valence-corrected chi connectivity index (χ4v) is 2.69. The molecule has 1 amide bonds. The summed E-state index contributed by atoms with van der Waals surface area (Å²) in [4.78, 5) is 18.8. The van der Waals surface area contributed by atoms with Crippen molar-refractivity contribution in [3.05, 3.63) is 46.0 Å². The van der Waals surface area contributed by atoms with E-state index in [1.165, 1.54) is 4.88 Å². The number of aromatic nitrogens is 1. The van der Waals surface area contributed by atoms with Crippen molar-refractivity contribution in [1.29, 1.82) is 0 Å². The molecule has 0 aromatic carbocycles. The number of halogens is 1. The van der Waals surface area contributed by atoms with Gasteiger partial charge >= 0.3 is 0 Å². The molecule has 0 saturated heterocycles. The molecule has 0 fully saturated rings. The van der Waals surface area contributed by atoms with Crippen LogP contribution in [0.25, 0.3) is 0 Å². The van der Waals surface area contributed by atoms with E-state index in [1.807, 2.05) is 24.4 Å². The van der Waals surface area contributed by atoms with Crippen molar-refractivity contribution < 1.29 is 9.18 Å². The number of carbonyl (C=O) groups excluding carboxylic acids is 1. The van der Waals surface area contributed by atoms with Crippen LogP contribution in [0.5, 0.6) is 0 Å². The average molecular weight is 293 g/mol. The van der Waals surface area contributed by atoms with E-state index in [0.29, 0.717) is 0 Å². The summed E-state index contributed by atoms with van der Waals surface area (Å²) in [7, 11) is 1.69. The highest BCUT2D eigenvalue weighted by Crippen LogP contribution is 2.17. The van der Waals surface area contributed by atoms with Gasteiger partial charge in [0.15, 0.2) is 0 Å². The van der Waals surface area contributed by atoms with Gasteiger partial charge in [-0.05, 0) is 24.4 Å². The van der Waals surface area contributed by atoms with Gasteiger partial charge in [0.1, 0.15) is 11.6 Å². The summed E-state index contributed by atoms with van der Waals surface area (Å²) in [5, 5.41) is 2.00. The Kier molecular flexibility index (Phi) is 4.34. The summed E-state index contributed by atoms with van der Waals surface area (Å²) in [6.45, 7) is 1.94. The van der Waals surface area contributed by atoms with Crippen LogP contribution in [0.3, 0.4) is 0 Å². The maximum Gasteiger partial charge on any atom is 0.257 e. The summed E-state index contributed by atoms with van der Waals surface area (Å²) >= 11 is 1.65. The zero-order valence-corrected chi connectivity index (χ0v) is 12.2. The summed E-state index contributed by atoms with van der Waals surface area (Å²) in [5.41, 5.74) is 5.74. The maximum absolute atomic E-state index is 13.2. The lowest BCUT2D eigenvalue weighted by molar-refractivity contribution is 0.0744. The molecular weight excluding hydrogens is 277 g/mol. The van der Waals surface area contributed by atoms with Gasteiger partial charge in [-0.1, -0.05) is 6.07 Å². The number of likely N-dealkylation sites (N-methyl/N-ethyl adjacent to an activating group) is 1. The van der Waals surface area contributed by atoms with Gasteiger partial charge in [-0.15, -0.1) is 11.3 Å². The summed E-state index contributed by atoms with van der Waals surface area (Å²) < 4.78 is 13.2. The van der Waals surface area contributed by atoms with Crippen LogP contribution in [0.4, 0.5) is 10.2 Å². The first-order valence-corrected chi connectivity index (χ1v) is 7.07. The third kappa shape index (κ3) is 3.14. The number of hydrogen-bond acceptors (Lipinski definition) is 4. The zero-order chi connectivity index (χ0) is 14.7. The van der Waals surface area contributed by atoms with Crippen LogP contribution in [-0.2, 0) is 6.42 Å². The Morgan fingerprint density at radius 1 is 1.60 bits per heavy atom. The Morgan fingerprint density at radius 2 is 2.35 bits per heavy atom. The number of thiophene rings is 1. The molecule has 1 unspecified atom stereocenters. The standard InChI is InChI=1S/C14H16FN3OS/c1-9(6-11-4-3-5-20-11)18(2)14(19)12-7-10(15)8-17-13(12)16/h3-5,7-9H,6H2,1-2H3,(H2,16,17). The van der Waals surface area contributed by atoms with Crippen LogP contribution >= 0.6 is 11.3 Å². The van der Waals surface area contributed by atoms with E-state index >= 15 is 0 Å². The van der Waals surface area contributed by atoms with Gasteiger partial charge < -0.3 is 10.6 Å². The third-order valence-electron chi connectivity index (χ3n) is 3.17. The minimum atomic E-state index is -0.568. The Labute approximate surface area is 121 Å². The summed E-state index contributed by atoms with van der Waals surface area (Å²) in [6.07, 6.45) is 1.75. The molecule has 0 bridgehead atoms. The second-order valence-electron chi connectivity index (χ2n) is 4.63. The Bertz CT molecular complexity index is 600. The van der Waals surface area contributed by atoms with Crippen LogP contribution in [0, 0.1) is 5.82 Å². The molecule has 6 heteroatoms. The topological polar surface area (TPSA) is 59.2 Å². The van der Waals surface area contributed by atoms with E-state index in [4.69, 9.17) is 5.73 Å². The summed E-state index contributed by atoms with van der Waals surface area (Å²) in [6, 6.07) is 5.11. The van der Waals surface area contributed by atoms with E-state index in [-0.39, 0.29) is 23.3 Å². The van der Waals surface area contributed by atoms with Crippen molar-refractivity contribution in [1.82, 2.24) is 9.88 Å². The maximum atomic E-state index is 13.2. The smallest absolute Gasteiger partial charge is 0.257 e. The fraction of sp³-hybridized carbons (Fsp3) is 0.286. The molecule has 2 aromatic heterocycles. The normalized spacial score (nSPS) is 12.2. The number of pyridine rings is 1. The van der Waals surface area contributed by atoms with Crippen molar-refractivity contribution in [2.45, 2.75) is 19.4 Å². The lowest BCUT2D eigenvalue weighted by atomic mass is 10.1. The molecule has 1 atom stereocenters. The van der Waals surface area contributed by atoms with Crippen LogP contribution in [0.2, 0.25) is 0 Å². The number of nitrogens with zero attached hydrogens (tertiary/aromatic N) is 2. The van der Waals surface area contributed by atoms with Crippen LogP contribution in [0.1, 0.15) is 22.2 Å². The van der Waals surface area contributed by atoms with Gasteiger partial charge in [-0.3, -0.25) is 4.79 Å². The number of carbonyl (C=O) groups is 1. The fourth-order valence-electron chi connectivity index (χ4n) is 1.87. The zero-order valence-electron chi connectivity index (χ0n) is 11.3. The number of nitrogens with two attached hydrogens (primary N) is 1. The van der Waals surface area contributed by atoms with E-state index in [2.05, 4.69) is 4.98 Å². The third-order valence-corrected chi connectivity index (χ3v) is 4.07. The molecule has 2 rings (SSSR count). The van der Waals surface area contributed by atoms with Crippen LogP contribution in [0.15, 0.2) is 29.8 Å². The molecule has 0 aliphatic rings. The molecular formula is C14H16FN3OS. The van der Waals surface area contributed by atoms with Crippen molar-refractivity contribution in [2.24, 2.45) is 0 Å². The molecule has 106 valence electrons. The molecule has 0 aliphatic carbocycles. The molecule has 2 heterocycles. The molecule has 0 spiro atoms. The predicted octanol–water partition coefficient (Wildman–Crippen LogP) is 2.57. The quantitative estimate of drug-likeness (QED) is 0.942. The molecule has 2 N–H and O–H groups in total. The average Bonchev–Trinajstić information content (AvgIpc) is 2.92. The van der Waals surface area contributed by atoms with Gasteiger partial charge in [-0.2, -0.15) is 0 Å². The summed E-state index contributed by atoms with van der Waals surface area (Å²) in [5.74, 6) is -0.841. The first kappa shape index (κ1) is 14.5. The molecule has 0 saturated carbocycles. The van der Waals surface area contributed by atoms with Gasteiger partial charge in [0.05, 0.1) is 11.8 Å². The van der Waals surface area contributed by atoms with Gasteiger partial charge in [0, 0.05) is 24.4 Å². The van der Waals surface area contributed by atoms with Gasteiger partial charge in [0.2, 0.25) is 0 Å². The number of amides is 1. The van der Waals surface area contributed by atoms with E-state index in [0.717, 1.165) is 18.7 Å². The first-order chi connectivity index (χ1) is 9.49. The highest BCUT2D eigenvalue weighted by Gasteiger charge is 2.21. The van der Waals surface area contributed by atoms with Crippen molar-refractivity contribution in [3.63, 3.8) is 0 Å². The SMILES string of the molecule is CC(Cc1cccs1)N(C)C(=O)c1cc(F)cnc1N. The number of nitrogen functional groups attached to an aromatic ring is 1. The molecule has 4 nitrogen and oxygen atoms in total. The molecule has 0 radical (unpaired) electrons. The monoisotopic (exact) mass is 293 g/mol. The number of hydrogen-bond donors (Lipinski definition) is 1. The van der Waals surface area contributed by atoms with E-state index in [9.17, 15) is 9.18 Å². The van der Waals surface area contributed by atoms with E-state index < -0.39 is 5.82 Å². The largest absolute Gasteiger partial charge is 0.383 e. The Hall–Kier alpha value is -1.95. The first-order valence-electron chi connectivity index (χ1n) is 6.19. The van der Waals surface area contributed by atoms with Crippen LogP contribution < -0.4 is 5.73 Å². The molecule has 20 heavy (non-hydrogen) atoms. The number of rotatable bonds is 4. The van der Waals surface area contributed by atoms with Crippen molar-refractivity contribution >= 4 is 23.1 Å². The minimum Gasteiger partial charge on any atom is -0.383 e. The Balaban J connectivity index is 2.13. The predicted molar refractivity (Wildman–Crippen MR) is 78.2 cm³/mol. The Morgan fingerprint density at radius 3 is 3.00 bits per heavy atom. The lowest BCUT2D eigenvalue weighted by Crippen LogP contribution is -2.36. The number of anilines is 1. The van der Waals surface area contributed by atoms with Gasteiger partial charge in [0.25, 0.3) is 5.91 Å². The minimum absolute atomic E-state index is 0.0104. The lowest BCUT2D eigenvalue weighted by Gasteiger charge is -2.25. The van der Waals surface area contributed by atoms with E-state index in [1.54, 1.807) is 23.3 Å².